The Labute approximate surface area is 61.1 Å². The van der Waals surface area contributed by atoms with E-state index in [-0.39, 0.29) is 0 Å². The zero-order chi connectivity index (χ0) is 9.12. The molecule has 11 heavy (non-hydrogen) atoms. The number of rotatable bonds is 4. The minimum atomic E-state index is -5.22. The Morgan fingerprint density at radius 3 is 1.91 bits per heavy atom. The van der Waals surface area contributed by atoms with Crippen molar-refractivity contribution in [3.63, 3.8) is 0 Å². The molecule has 0 bridgehead atoms. The minimum absolute atomic E-state index is 1.35. The van der Waals surface area contributed by atoms with E-state index in [1.807, 2.05) is 0 Å². The van der Waals surface area contributed by atoms with Gasteiger partial charge in [-0.2, -0.15) is 16.8 Å². The van der Waals surface area contributed by atoms with Crippen molar-refractivity contribution in [2.75, 3.05) is 0 Å². The Balaban J connectivity index is 4.52. The Morgan fingerprint density at radius 1 is 1.18 bits per heavy atom. The fourth-order valence-corrected chi connectivity index (χ4v) is 1.17. The topological polar surface area (TPSA) is 136 Å². The van der Waals surface area contributed by atoms with Crippen molar-refractivity contribution in [1.82, 2.24) is 0 Å². The fourth-order valence-electron chi connectivity index (χ4n) is 0.155. The molecule has 0 radical (unpaired) electrons. The lowest BCUT2D eigenvalue weighted by Gasteiger charge is -1.93. The highest BCUT2D eigenvalue weighted by atomic mass is 32.3. The van der Waals surface area contributed by atoms with Crippen LogP contribution in [-0.2, 0) is 28.7 Å². The molecule has 0 saturated heterocycles. The normalized spacial score (nSPS) is 12.5. The van der Waals surface area contributed by atoms with Crippen molar-refractivity contribution in [2.45, 2.75) is 0 Å². The van der Waals surface area contributed by atoms with Gasteiger partial charge >= 0.3 is 20.8 Å². The van der Waals surface area contributed by atoms with Crippen LogP contribution in [0.15, 0.2) is 5.34 Å². The van der Waals surface area contributed by atoms with Gasteiger partial charge in [-0.15, -0.1) is 4.91 Å². The smallest absolute Gasteiger partial charge is 0.263 e. The Morgan fingerprint density at radius 2 is 1.64 bits per heavy atom. The van der Waals surface area contributed by atoms with E-state index in [0.29, 0.717) is 0 Å². The quantitative estimate of drug-likeness (QED) is 0.343. The van der Waals surface area contributed by atoms with Gasteiger partial charge in [0.05, 0.1) is 0 Å². The monoisotopic (exact) mass is 207 g/mol. The summed E-state index contributed by atoms with van der Waals surface area (Å²) in [6.07, 6.45) is 0. The summed E-state index contributed by atoms with van der Waals surface area (Å²) in [5, 5.41) is 1.35. The molecule has 1 N–H and O–H groups in total. The van der Waals surface area contributed by atoms with Gasteiger partial charge in [-0.3, -0.25) is 4.55 Å². The van der Waals surface area contributed by atoms with E-state index >= 15 is 0 Å². The summed E-state index contributed by atoms with van der Waals surface area (Å²) in [7, 11) is -10.3. The SMILES string of the molecule is O=NOS(=O)(=O)OS(=O)(=O)O. The van der Waals surface area contributed by atoms with Crippen molar-refractivity contribution in [3.05, 3.63) is 4.91 Å². The van der Waals surface area contributed by atoms with Crippen LogP contribution < -0.4 is 0 Å². The first-order valence-corrected chi connectivity index (χ1v) is 4.41. The minimum Gasteiger partial charge on any atom is -0.263 e. The van der Waals surface area contributed by atoms with E-state index in [4.69, 9.17) is 9.46 Å². The van der Waals surface area contributed by atoms with E-state index in [9.17, 15) is 16.8 Å². The first kappa shape index (κ1) is 10.2. The second-order valence-corrected chi connectivity index (χ2v) is 3.42. The van der Waals surface area contributed by atoms with Crippen LogP contribution in [0.2, 0.25) is 0 Å². The molecule has 0 aliphatic rings. The number of hydrogen-bond donors (Lipinski definition) is 1. The molecule has 0 heterocycles. The van der Waals surface area contributed by atoms with E-state index in [1.165, 1.54) is 5.34 Å². The molecule has 0 aromatic rings. The molecular weight excluding hydrogens is 206 g/mol. The maximum atomic E-state index is 9.97. The summed E-state index contributed by atoms with van der Waals surface area (Å²) in [5.41, 5.74) is 0. The average Bonchev–Trinajstić information content (AvgIpc) is 1.55. The van der Waals surface area contributed by atoms with E-state index in [2.05, 4.69) is 7.91 Å². The maximum Gasteiger partial charge on any atom is 0.488 e. The molecule has 9 nitrogen and oxygen atoms in total. The fraction of sp³-hybridized carbons (Fsp3) is 0. The third kappa shape index (κ3) is 5.65. The molecule has 0 atom stereocenters. The Kier molecular flexibility index (Phi) is 2.86. The molecular formula is HNO8S2. The highest BCUT2D eigenvalue weighted by Crippen LogP contribution is 2.00. The lowest BCUT2D eigenvalue weighted by atomic mass is 13.4. The van der Waals surface area contributed by atoms with E-state index in [0.717, 1.165) is 0 Å². The average molecular weight is 207 g/mol. The lowest BCUT2D eigenvalue weighted by molar-refractivity contribution is 0.273. The van der Waals surface area contributed by atoms with Crippen molar-refractivity contribution in [2.24, 2.45) is 5.34 Å². The lowest BCUT2D eigenvalue weighted by Crippen LogP contribution is -2.12. The van der Waals surface area contributed by atoms with Crippen LogP contribution in [0.4, 0.5) is 0 Å². The zero-order valence-electron chi connectivity index (χ0n) is 4.57. The summed E-state index contributed by atoms with van der Waals surface area (Å²) in [4.78, 5) is 9.10. The summed E-state index contributed by atoms with van der Waals surface area (Å²) >= 11 is 0. The van der Waals surface area contributed by atoms with Gasteiger partial charge in [-0.25, -0.2) is 4.28 Å². The first-order chi connectivity index (χ1) is 4.77. The molecule has 0 unspecified atom stereocenters. The van der Waals surface area contributed by atoms with Crippen LogP contribution in [0.5, 0.6) is 0 Å². The van der Waals surface area contributed by atoms with Crippen LogP contribution in [0.25, 0.3) is 0 Å². The maximum absolute atomic E-state index is 9.97. The predicted octanol–water partition coefficient (Wildman–Crippen LogP) is -1.25. The summed E-state index contributed by atoms with van der Waals surface area (Å²) in [5.74, 6) is 0. The second kappa shape index (κ2) is 3.08. The number of hydrogen-bond acceptors (Lipinski definition) is 8. The molecule has 0 spiro atoms. The molecule has 0 rings (SSSR count). The van der Waals surface area contributed by atoms with Crippen LogP contribution in [0.1, 0.15) is 0 Å². The third-order valence-electron chi connectivity index (χ3n) is 0.291. The van der Waals surface area contributed by atoms with Gasteiger partial charge in [-0.05, 0) is 0 Å². The van der Waals surface area contributed by atoms with Crippen LogP contribution in [0.3, 0.4) is 0 Å². The van der Waals surface area contributed by atoms with Crippen molar-refractivity contribution in [1.29, 1.82) is 0 Å². The standard InChI is InChI=1S/HNO8S2/c2-1-8-11(6,7)9-10(3,4)5/h(H,3,4,5). The van der Waals surface area contributed by atoms with Crippen LogP contribution in [-0.4, -0.2) is 21.4 Å². The van der Waals surface area contributed by atoms with Gasteiger partial charge in [0, 0.05) is 0 Å². The summed E-state index contributed by atoms with van der Waals surface area (Å²) < 4.78 is 52.7. The molecule has 0 amide bonds. The Bertz CT molecular complexity index is 317. The largest absolute Gasteiger partial charge is 0.488 e. The third-order valence-corrected chi connectivity index (χ3v) is 1.89. The van der Waals surface area contributed by atoms with Gasteiger partial charge in [0.15, 0.2) is 5.34 Å². The summed E-state index contributed by atoms with van der Waals surface area (Å²) in [6.45, 7) is 0. The highest BCUT2D eigenvalue weighted by Gasteiger charge is 2.22. The van der Waals surface area contributed by atoms with Crippen LogP contribution >= 0.6 is 0 Å². The Hall–Kier alpha value is -0.780. The van der Waals surface area contributed by atoms with Gasteiger partial charge < -0.3 is 0 Å². The van der Waals surface area contributed by atoms with Crippen LogP contribution in [0, 0.1) is 4.91 Å². The molecule has 11 heteroatoms. The van der Waals surface area contributed by atoms with Gasteiger partial charge in [0.2, 0.25) is 0 Å². The van der Waals surface area contributed by atoms with Gasteiger partial charge in [0.25, 0.3) is 0 Å². The van der Waals surface area contributed by atoms with Crippen molar-refractivity contribution < 1.29 is 29.3 Å². The molecule has 0 saturated carbocycles. The molecule has 0 aliphatic heterocycles. The summed E-state index contributed by atoms with van der Waals surface area (Å²) in [6, 6.07) is 0. The van der Waals surface area contributed by atoms with Crippen molar-refractivity contribution >= 4 is 20.8 Å². The van der Waals surface area contributed by atoms with E-state index < -0.39 is 20.8 Å². The van der Waals surface area contributed by atoms with Gasteiger partial charge in [-0.1, -0.05) is 3.63 Å². The van der Waals surface area contributed by atoms with Gasteiger partial charge in [0.1, 0.15) is 0 Å². The predicted molar refractivity (Wildman–Crippen MR) is 28.4 cm³/mol. The molecule has 0 aromatic heterocycles. The molecule has 0 aromatic carbocycles. The molecule has 0 fully saturated rings. The molecule has 0 aliphatic carbocycles. The first-order valence-electron chi connectivity index (χ1n) is 1.71. The molecule has 66 valence electrons. The van der Waals surface area contributed by atoms with E-state index in [1.54, 1.807) is 0 Å². The second-order valence-electron chi connectivity index (χ2n) is 1.05. The zero-order valence-corrected chi connectivity index (χ0v) is 6.20. The number of nitrogens with zero attached hydrogens (tertiary/aromatic N) is 1. The highest BCUT2D eigenvalue weighted by molar-refractivity contribution is 7.94. The van der Waals surface area contributed by atoms with Crippen molar-refractivity contribution in [3.8, 4) is 0 Å².